The second-order valence-corrected chi connectivity index (χ2v) is 9.76. The van der Waals surface area contributed by atoms with Crippen molar-refractivity contribution in [3.8, 4) is 28.4 Å². The van der Waals surface area contributed by atoms with Crippen LogP contribution in [0.3, 0.4) is 0 Å². The Morgan fingerprint density at radius 3 is 2.17 bits per heavy atom. The second-order valence-electron chi connectivity index (χ2n) is 9.76. The van der Waals surface area contributed by atoms with Crippen LogP contribution in [-0.4, -0.2) is 50.7 Å². The molecular weight excluding hydrogens is 530 g/mol. The van der Waals surface area contributed by atoms with E-state index in [0.717, 1.165) is 27.9 Å². The van der Waals surface area contributed by atoms with Crippen LogP contribution in [0.25, 0.3) is 11.1 Å². The zero-order valence-corrected chi connectivity index (χ0v) is 24.6. The fraction of sp³-hybridized carbons (Fsp3) is 0.235. The molecule has 1 atom stereocenters. The number of methoxy groups -OCH3 is 3. The Balaban J connectivity index is 1.60. The van der Waals surface area contributed by atoms with Gasteiger partial charge in [0.15, 0.2) is 11.5 Å². The first-order valence-electron chi connectivity index (χ1n) is 13.8. The molecule has 4 aromatic carbocycles. The van der Waals surface area contributed by atoms with E-state index in [1.54, 1.807) is 33.5 Å². The van der Waals surface area contributed by atoms with Crippen LogP contribution in [0.2, 0.25) is 0 Å². The number of nitrogens with zero attached hydrogens (tertiary/aromatic N) is 1. The van der Waals surface area contributed by atoms with Crippen LogP contribution in [0, 0.1) is 6.92 Å². The number of carbonyl (C=O) groups excluding carboxylic acids is 2. The van der Waals surface area contributed by atoms with Crippen molar-refractivity contribution in [2.45, 2.75) is 26.3 Å². The molecule has 0 fully saturated rings. The van der Waals surface area contributed by atoms with Gasteiger partial charge in [-0.25, -0.2) is 0 Å². The summed E-state index contributed by atoms with van der Waals surface area (Å²) >= 11 is 0. The molecule has 8 heteroatoms. The van der Waals surface area contributed by atoms with E-state index in [1.807, 2.05) is 92.7 Å². The highest BCUT2D eigenvalue weighted by Crippen LogP contribution is 2.37. The Bertz CT molecular complexity index is 1500. The summed E-state index contributed by atoms with van der Waals surface area (Å²) in [5, 5.41) is 4.49. The quantitative estimate of drug-likeness (QED) is 0.207. The molecule has 218 valence electrons. The van der Waals surface area contributed by atoms with Crippen LogP contribution in [0.5, 0.6) is 17.2 Å². The van der Waals surface area contributed by atoms with E-state index < -0.39 is 6.04 Å². The lowest BCUT2D eigenvalue weighted by Gasteiger charge is -2.28. The molecule has 0 heterocycles. The number of ether oxygens (including phenoxy) is 3. The van der Waals surface area contributed by atoms with Crippen molar-refractivity contribution >= 4 is 17.5 Å². The smallest absolute Gasteiger partial charge is 0.263 e. The highest BCUT2D eigenvalue weighted by Gasteiger charge is 2.27. The van der Waals surface area contributed by atoms with Gasteiger partial charge >= 0.3 is 0 Å². The zero-order chi connectivity index (χ0) is 30.1. The number of aryl methyl sites for hydroxylation is 1. The Kier molecular flexibility index (Phi) is 10.1. The van der Waals surface area contributed by atoms with E-state index in [2.05, 4.69) is 10.7 Å². The first kappa shape index (κ1) is 30.0. The topological polar surface area (TPSA) is 89.1 Å². The normalized spacial score (nSPS) is 11.3. The van der Waals surface area contributed by atoms with Crippen LogP contribution in [0.15, 0.2) is 91.0 Å². The van der Waals surface area contributed by atoms with Gasteiger partial charge in [-0.05, 0) is 67.4 Å². The molecule has 0 aromatic heterocycles. The Hall–Kier alpha value is -4.98. The van der Waals surface area contributed by atoms with E-state index in [4.69, 9.17) is 14.2 Å². The second kappa shape index (κ2) is 14.1. The van der Waals surface area contributed by atoms with E-state index in [9.17, 15) is 9.59 Å². The summed E-state index contributed by atoms with van der Waals surface area (Å²) in [5.41, 5.74) is 8.09. The highest BCUT2D eigenvalue weighted by molar-refractivity contribution is 5.98. The lowest BCUT2D eigenvalue weighted by molar-refractivity contribution is -0.131. The van der Waals surface area contributed by atoms with Gasteiger partial charge in [-0.3, -0.25) is 20.0 Å². The number of hydrogen-bond donors (Lipinski definition) is 2. The van der Waals surface area contributed by atoms with Crippen molar-refractivity contribution < 1.29 is 23.8 Å². The molecule has 1 unspecified atom stereocenters. The largest absolute Gasteiger partial charge is 0.497 e. The average molecular weight is 568 g/mol. The van der Waals surface area contributed by atoms with Crippen LogP contribution in [0.4, 0.5) is 5.69 Å². The van der Waals surface area contributed by atoms with Gasteiger partial charge < -0.3 is 19.5 Å². The van der Waals surface area contributed by atoms with E-state index in [0.29, 0.717) is 35.8 Å². The fourth-order valence-corrected chi connectivity index (χ4v) is 4.70. The van der Waals surface area contributed by atoms with Crippen LogP contribution in [-0.2, 0) is 11.2 Å². The third kappa shape index (κ3) is 7.20. The van der Waals surface area contributed by atoms with Crippen molar-refractivity contribution in [3.05, 3.63) is 108 Å². The summed E-state index contributed by atoms with van der Waals surface area (Å²) in [6.45, 7) is 4.19. The monoisotopic (exact) mass is 567 g/mol. The van der Waals surface area contributed by atoms with Gasteiger partial charge in [-0.15, -0.1) is 0 Å². The van der Waals surface area contributed by atoms with Gasteiger partial charge in [-0.1, -0.05) is 54.1 Å². The highest BCUT2D eigenvalue weighted by atomic mass is 16.5. The summed E-state index contributed by atoms with van der Waals surface area (Å²) in [7, 11) is 4.82. The van der Waals surface area contributed by atoms with Crippen molar-refractivity contribution in [2.24, 2.45) is 0 Å². The molecule has 0 saturated carbocycles. The fourth-order valence-electron chi connectivity index (χ4n) is 4.70. The number of hydrogen-bond acceptors (Lipinski definition) is 6. The molecule has 0 aliphatic carbocycles. The minimum absolute atomic E-state index is 0.257. The number of likely N-dealkylation sites (N-methyl/N-ethyl adjacent to an activating group) is 1. The predicted molar refractivity (Wildman–Crippen MR) is 165 cm³/mol. The molecule has 4 rings (SSSR count). The van der Waals surface area contributed by atoms with Gasteiger partial charge in [0.1, 0.15) is 11.8 Å². The molecule has 0 bridgehead atoms. The first-order valence-corrected chi connectivity index (χ1v) is 13.8. The predicted octanol–water partition coefficient (Wildman–Crippen LogP) is 5.90. The van der Waals surface area contributed by atoms with Crippen LogP contribution < -0.4 is 25.0 Å². The number of benzene rings is 4. The first-order chi connectivity index (χ1) is 20.4. The van der Waals surface area contributed by atoms with Gasteiger partial charge in [0, 0.05) is 24.1 Å². The standard InChI is InChI=1S/C34H37N3O5/c1-6-37(36-27-17-19-28(40-3)20-18-27)34(39)30(35-33(38)26-10-7-9-23(2)21-26)22-24-13-15-25(16-14-24)29-11-8-12-31(41-4)32(29)42-5/h7-21,30,36H,6,22H2,1-5H3,(H,35,38). The minimum atomic E-state index is -0.819. The molecule has 2 amide bonds. The Morgan fingerprint density at radius 1 is 0.833 bits per heavy atom. The van der Waals surface area contributed by atoms with Crippen molar-refractivity contribution in [2.75, 3.05) is 33.3 Å². The molecule has 42 heavy (non-hydrogen) atoms. The molecular formula is C34H37N3O5. The van der Waals surface area contributed by atoms with Crippen molar-refractivity contribution in [3.63, 3.8) is 0 Å². The van der Waals surface area contributed by atoms with E-state index >= 15 is 0 Å². The Labute approximate surface area is 247 Å². The summed E-state index contributed by atoms with van der Waals surface area (Å²) in [4.78, 5) is 27.1. The van der Waals surface area contributed by atoms with E-state index in [1.165, 1.54) is 5.01 Å². The molecule has 4 aromatic rings. The number of para-hydroxylation sites is 1. The van der Waals surface area contributed by atoms with Crippen molar-refractivity contribution in [1.29, 1.82) is 0 Å². The van der Waals surface area contributed by atoms with Gasteiger partial charge in [0.25, 0.3) is 11.8 Å². The molecule has 8 nitrogen and oxygen atoms in total. The third-order valence-corrected chi connectivity index (χ3v) is 6.93. The summed E-state index contributed by atoms with van der Waals surface area (Å²) in [6.07, 6.45) is 0.298. The average Bonchev–Trinajstić information content (AvgIpc) is 3.03. The van der Waals surface area contributed by atoms with Crippen LogP contribution >= 0.6 is 0 Å². The number of amides is 2. The third-order valence-electron chi connectivity index (χ3n) is 6.93. The van der Waals surface area contributed by atoms with Gasteiger partial charge in [0.05, 0.1) is 27.0 Å². The number of nitrogens with one attached hydrogen (secondary N) is 2. The summed E-state index contributed by atoms with van der Waals surface area (Å²) in [5.74, 6) is 1.44. The molecule has 0 aliphatic rings. The number of carbonyl (C=O) groups is 2. The number of rotatable bonds is 12. The summed E-state index contributed by atoms with van der Waals surface area (Å²) < 4.78 is 16.3. The maximum Gasteiger partial charge on any atom is 0.263 e. The lowest BCUT2D eigenvalue weighted by atomic mass is 9.99. The molecule has 0 saturated heterocycles. The summed E-state index contributed by atoms with van der Waals surface area (Å²) in [6, 6.07) is 27.4. The molecule has 2 N–H and O–H groups in total. The number of anilines is 1. The molecule has 0 spiro atoms. The van der Waals surface area contributed by atoms with E-state index in [-0.39, 0.29) is 11.8 Å². The molecule has 0 radical (unpaired) electrons. The van der Waals surface area contributed by atoms with Gasteiger partial charge in [-0.2, -0.15) is 0 Å². The number of hydrazine groups is 1. The maximum absolute atomic E-state index is 13.9. The Morgan fingerprint density at radius 2 is 1.55 bits per heavy atom. The van der Waals surface area contributed by atoms with Crippen LogP contribution in [0.1, 0.15) is 28.4 Å². The maximum atomic E-state index is 13.9. The minimum Gasteiger partial charge on any atom is -0.497 e. The van der Waals surface area contributed by atoms with Gasteiger partial charge in [0.2, 0.25) is 0 Å². The molecule has 0 aliphatic heterocycles. The lowest BCUT2D eigenvalue weighted by Crippen LogP contribution is -2.51. The SMILES string of the molecule is CCN(Nc1ccc(OC)cc1)C(=O)C(Cc1ccc(-c2cccc(OC)c2OC)cc1)NC(=O)c1cccc(C)c1. The van der Waals surface area contributed by atoms with Crippen molar-refractivity contribution in [1.82, 2.24) is 10.3 Å². The zero-order valence-electron chi connectivity index (χ0n) is 24.6.